The first-order chi connectivity index (χ1) is 5.91. The molecule has 0 atom stereocenters. The molecule has 0 amide bonds. The molecule has 0 aromatic carbocycles. The fourth-order valence-corrected chi connectivity index (χ4v) is 3.24. The highest BCUT2D eigenvalue weighted by atomic mass is 33.1. The zero-order valence-corrected chi connectivity index (χ0v) is 11.0. The van der Waals surface area contributed by atoms with E-state index in [0.717, 1.165) is 23.0 Å². The molecule has 12 heavy (non-hydrogen) atoms. The zero-order valence-electron chi connectivity index (χ0n) is 6.81. The van der Waals surface area contributed by atoms with E-state index < -0.39 is 0 Å². The summed E-state index contributed by atoms with van der Waals surface area (Å²) in [7, 11) is 3.69. The largest absolute Gasteiger partial charge is 0.179 e. The lowest BCUT2D eigenvalue weighted by atomic mass is 10.8. The van der Waals surface area contributed by atoms with Gasteiger partial charge in [0.25, 0.3) is 0 Å². The van der Waals surface area contributed by atoms with Crippen LogP contribution in [0.15, 0.2) is 11.5 Å². The topological polar surface area (TPSA) is 0 Å². The van der Waals surface area contributed by atoms with Crippen molar-refractivity contribution in [2.75, 3.05) is 28.8 Å². The molecule has 1 aliphatic heterocycles. The maximum Gasteiger partial charge on any atom is 0.0229 e. The van der Waals surface area contributed by atoms with Crippen molar-refractivity contribution in [2.45, 2.75) is 0 Å². The SMILES string of the molecule is C1=CSSC1.SCCSCCS. The van der Waals surface area contributed by atoms with E-state index in [-0.39, 0.29) is 0 Å². The summed E-state index contributed by atoms with van der Waals surface area (Å²) >= 11 is 10.00. The molecular weight excluding hydrogens is 244 g/mol. The molecule has 0 radical (unpaired) electrons. The van der Waals surface area contributed by atoms with Gasteiger partial charge >= 0.3 is 0 Å². The Labute approximate surface area is 98.3 Å². The van der Waals surface area contributed by atoms with Gasteiger partial charge in [0.05, 0.1) is 0 Å². The van der Waals surface area contributed by atoms with Crippen LogP contribution in [0.2, 0.25) is 0 Å². The molecule has 0 unspecified atom stereocenters. The molecule has 0 nitrogen and oxygen atoms in total. The van der Waals surface area contributed by atoms with Crippen molar-refractivity contribution in [3.8, 4) is 0 Å². The Balaban J connectivity index is 0.000000211. The average molecular weight is 259 g/mol. The summed E-state index contributed by atoms with van der Waals surface area (Å²) in [5, 5.41) is 2.12. The molecule has 1 rings (SSSR count). The van der Waals surface area contributed by atoms with Crippen LogP contribution in [0.5, 0.6) is 0 Å². The second-order valence-electron chi connectivity index (χ2n) is 1.81. The fraction of sp³-hybridized carbons (Fsp3) is 0.714. The Kier molecular flexibility index (Phi) is 14.0. The third kappa shape index (κ3) is 11.5. The summed E-state index contributed by atoms with van der Waals surface area (Å²) < 4.78 is 0. The van der Waals surface area contributed by atoms with Crippen molar-refractivity contribution in [1.29, 1.82) is 0 Å². The number of hydrogen-bond acceptors (Lipinski definition) is 5. The van der Waals surface area contributed by atoms with Crippen LogP contribution in [-0.4, -0.2) is 28.8 Å². The Bertz CT molecular complexity index is 94.0. The first kappa shape index (κ1) is 13.5. The zero-order chi connectivity index (χ0) is 9.07. The van der Waals surface area contributed by atoms with E-state index in [4.69, 9.17) is 0 Å². The number of rotatable bonds is 4. The predicted molar refractivity (Wildman–Crippen MR) is 74.2 cm³/mol. The van der Waals surface area contributed by atoms with Crippen LogP contribution in [0, 0.1) is 0 Å². The van der Waals surface area contributed by atoms with Gasteiger partial charge in [-0.2, -0.15) is 37.0 Å². The van der Waals surface area contributed by atoms with Crippen molar-refractivity contribution in [1.82, 2.24) is 0 Å². The van der Waals surface area contributed by atoms with Crippen LogP contribution in [0.25, 0.3) is 0 Å². The monoisotopic (exact) mass is 258 g/mol. The van der Waals surface area contributed by atoms with Gasteiger partial charge in [-0.15, -0.1) is 0 Å². The Morgan fingerprint density at radius 2 is 1.92 bits per heavy atom. The predicted octanol–water partition coefficient (Wildman–Crippen LogP) is 3.47. The Morgan fingerprint density at radius 1 is 1.25 bits per heavy atom. The smallest absolute Gasteiger partial charge is 0.0229 e. The Morgan fingerprint density at radius 3 is 2.17 bits per heavy atom. The molecule has 0 bridgehead atoms. The van der Waals surface area contributed by atoms with Crippen molar-refractivity contribution in [3.63, 3.8) is 0 Å². The third-order valence-electron chi connectivity index (χ3n) is 0.855. The van der Waals surface area contributed by atoms with Gasteiger partial charge in [0.1, 0.15) is 0 Å². The van der Waals surface area contributed by atoms with E-state index in [2.05, 4.69) is 36.7 Å². The third-order valence-corrected chi connectivity index (χ3v) is 4.81. The van der Waals surface area contributed by atoms with Gasteiger partial charge in [0, 0.05) is 17.3 Å². The molecule has 0 saturated heterocycles. The fourth-order valence-electron chi connectivity index (χ4n) is 0.428. The maximum atomic E-state index is 4.05. The molecule has 0 N–H and O–H groups in total. The van der Waals surface area contributed by atoms with E-state index in [0.29, 0.717) is 0 Å². The van der Waals surface area contributed by atoms with Crippen LogP contribution in [-0.2, 0) is 0 Å². The summed E-state index contributed by atoms with van der Waals surface area (Å²) in [5.41, 5.74) is 0. The lowest BCUT2D eigenvalue weighted by molar-refractivity contribution is 1.50. The van der Waals surface area contributed by atoms with Crippen molar-refractivity contribution in [3.05, 3.63) is 11.5 Å². The lowest BCUT2D eigenvalue weighted by Crippen LogP contribution is -1.83. The van der Waals surface area contributed by atoms with Gasteiger partial charge in [-0.3, -0.25) is 0 Å². The van der Waals surface area contributed by atoms with Crippen LogP contribution in [0.4, 0.5) is 0 Å². The standard InChI is InChI=1S/C4H10S3.C3H4S2/c5-1-3-7-4-2-6;1-2-4-5-3-1/h5-6H,1-4H2;1-2H,3H2. The highest BCUT2D eigenvalue weighted by molar-refractivity contribution is 8.78. The van der Waals surface area contributed by atoms with Crippen LogP contribution >= 0.6 is 58.6 Å². The van der Waals surface area contributed by atoms with Gasteiger partial charge in [0.2, 0.25) is 0 Å². The molecule has 72 valence electrons. The summed E-state index contributed by atoms with van der Waals surface area (Å²) in [6, 6.07) is 0. The molecule has 0 saturated carbocycles. The Hall–Kier alpha value is 1.49. The molecule has 0 spiro atoms. The van der Waals surface area contributed by atoms with Crippen LogP contribution in [0.1, 0.15) is 0 Å². The first-order valence-electron chi connectivity index (χ1n) is 3.64. The van der Waals surface area contributed by atoms with Gasteiger partial charge < -0.3 is 0 Å². The van der Waals surface area contributed by atoms with E-state index in [1.165, 1.54) is 5.75 Å². The second-order valence-corrected chi connectivity index (χ2v) is 6.25. The van der Waals surface area contributed by atoms with Gasteiger partial charge in [-0.25, -0.2) is 0 Å². The molecule has 1 heterocycles. The maximum absolute atomic E-state index is 4.05. The first-order valence-corrected chi connectivity index (χ1v) is 8.44. The quantitative estimate of drug-likeness (QED) is 0.450. The normalized spacial score (nSPS) is 14.2. The summed E-state index contributed by atoms with van der Waals surface area (Å²) in [6.45, 7) is 0. The number of thioether (sulfide) groups is 1. The molecular formula is C7H14S5. The minimum atomic E-state index is 0.985. The molecule has 5 heteroatoms. The molecule has 0 fully saturated rings. The van der Waals surface area contributed by atoms with Gasteiger partial charge in [0.15, 0.2) is 0 Å². The summed E-state index contributed by atoms with van der Waals surface area (Å²) in [4.78, 5) is 0. The van der Waals surface area contributed by atoms with E-state index in [1.54, 1.807) is 0 Å². The van der Waals surface area contributed by atoms with Crippen molar-refractivity contribution >= 4 is 58.6 Å². The average Bonchev–Trinajstić information content (AvgIpc) is 2.62. The van der Waals surface area contributed by atoms with E-state index in [1.807, 2.05) is 33.3 Å². The van der Waals surface area contributed by atoms with Gasteiger partial charge in [-0.1, -0.05) is 27.7 Å². The van der Waals surface area contributed by atoms with Crippen LogP contribution in [0.3, 0.4) is 0 Å². The van der Waals surface area contributed by atoms with E-state index >= 15 is 0 Å². The lowest BCUT2D eigenvalue weighted by Gasteiger charge is -1.90. The summed E-state index contributed by atoms with van der Waals surface area (Å²) in [5.74, 6) is 5.48. The molecule has 0 aromatic heterocycles. The van der Waals surface area contributed by atoms with Gasteiger partial charge in [-0.05, 0) is 16.9 Å². The van der Waals surface area contributed by atoms with Crippen molar-refractivity contribution in [2.24, 2.45) is 0 Å². The van der Waals surface area contributed by atoms with Crippen molar-refractivity contribution < 1.29 is 0 Å². The van der Waals surface area contributed by atoms with E-state index in [9.17, 15) is 0 Å². The molecule has 0 aromatic rings. The highest BCUT2D eigenvalue weighted by Gasteiger charge is 1.86. The number of hydrogen-bond donors (Lipinski definition) is 2. The molecule has 1 aliphatic rings. The molecule has 0 aliphatic carbocycles. The van der Waals surface area contributed by atoms with Crippen LogP contribution < -0.4 is 0 Å². The second kappa shape index (κ2) is 12.5. The summed E-state index contributed by atoms with van der Waals surface area (Å²) in [6.07, 6.45) is 2.16. The minimum absolute atomic E-state index is 0.985. The highest BCUT2D eigenvalue weighted by Crippen LogP contribution is 2.27. The minimum Gasteiger partial charge on any atom is -0.179 e. The number of thiol groups is 2.